The molecule has 0 unspecified atom stereocenters. The number of aromatic nitrogens is 4. The number of hydrogen-bond donors (Lipinski definition) is 2. The molecule has 0 fully saturated rings. The average molecular weight is 355 g/mol. The van der Waals surface area contributed by atoms with Gasteiger partial charge in [-0.05, 0) is 29.7 Å². The van der Waals surface area contributed by atoms with Crippen LogP contribution >= 0.6 is 0 Å². The lowest BCUT2D eigenvalue weighted by Gasteiger charge is -2.26. The van der Waals surface area contributed by atoms with Gasteiger partial charge in [-0.25, -0.2) is 4.98 Å². The second kappa shape index (κ2) is 6.85. The molecule has 0 amide bonds. The van der Waals surface area contributed by atoms with Crippen molar-refractivity contribution in [2.24, 2.45) is 0 Å². The summed E-state index contributed by atoms with van der Waals surface area (Å²) in [6.45, 7) is 2.89. The van der Waals surface area contributed by atoms with E-state index in [1.807, 2.05) is 24.5 Å². The van der Waals surface area contributed by atoms with Crippen molar-refractivity contribution in [1.29, 1.82) is 0 Å². The Balaban J connectivity index is 1.34. The fraction of sp³-hybridized carbons (Fsp3) is 0.182. The zero-order valence-electron chi connectivity index (χ0n) is 15.0. The molecule has 2 N–H and O–H groups in total. The topological polar surface area (TPSA) is 60.6 Å². The highest BCUT2D eigenvalue weighted by atomic mass is 15.1. The minimum absolute atomic E-state index is 0.903. The molecule has 0 spiro atoms. The number of nitrogens with zero attached hydrogens (tertiary/aromatic N) is 3. The molecule has 5 nitrogen and oxygen atoms in total. The molecular formula is C22H21N5. The van der Waals surface area contributed by atoms with E-state index >= 15 is 0 Å². The largest absolute Gasteiger partial charge is 0.346 e. The Labute approximate surface area is 157 Å². The summed E-state index contributed by atoms with van der Waals surface area (Å²) in [6.07, 6.45) is 9.26. The number of H-pyrrole nitrogens is 2. The first kappa shape index (κ1) is 16.0. The van der Waals surface area contributed by atoms with Crippen molar-refractivity contribution in [2.45, 2.75) is 13.0 Å². The molecule has 0 atom stereocenters. The van der Waals surface area contributed by atoms with Crippen LogP contribution in [-0.4, -0.2) is 38.2 Å². The molecule has 0 saturated carbocycles. The van der Waals surface area contributed by atoms with Gasteiger partial charge in [0.25, 0.3) is 0 Å². The van der Waals surface area contributed by atoms with Crippen LogP contribution in [0.2, 0.25) is 0 Å². The quantitative estimate of drug-likeness (QED) is 0.575. The third kappa shape index (κ3) is 3.06. The first-order valence-corrected chi connectivity index (χ1v) is 9.30. The second-order valence-electron chi connectivity index (χ2n) is 6.95. The lowest BCUT2D eigenvalue weighted by Crippen LogP contribution is -2.28. The van der Waals surface area contributed by atoms with Gasteiger partial charge < -0.3 is 4.98 Å². The Hall–Kier alpha value is -3.18. The van der Waals surface area contributed by atoms with Crippen molar-refractivity contribution in [3.05, 3.63) is 78.3 Å². The van der Waals surface area contributed by atoms with Crippen LogP contribution in [0.25, 0.3) is 27.9 Å². The predicted octanol–water partition coefficient (Wildman–Crippen LogP) is 4.24. The molecule has 27 heavy (non-hydrogen) atoms. The van der Waals surface area contributed by atoms with Crippen molar-refractivity contribution in [3.8, 4) is 11.3 Å². The maximum atomic E-state index is 4.40. The Morgan fingerprint density at radius 3 is 2.85 bits per heavy atom. The monoisotopic (exact) mass is 355 g/mol. The van der Waals surface area contributed by atoms with E-state index in [4.69, 9.17) is 0 Å². The van der Waals surface area contributed by atoms with E-state index in [1.54, 1.807) is 0 Å². The number of rotatable bonds is 4. The summed E-state index contributed by atoms with van der Waals surface area (Å²) in [7, 11) is 0. The second-order valence-corrected chi connectivity index (χ2v) is 6.95. The van der Waals surface area contributed by atoms with Gasteiger partial charge in [-0.15, -0.1) is 0 Å². The molecule has 0 saturated heterocycles. The molecule has 0 radical (unpaired) electrons. The fourth-order valence-electron chi connectivity index (χ4n) is 3.85. The number of fused-ring (bicyclic) bond motifs is 1. The smallest absolute Gasteiger partial charge is 0.137 e. The van der Waals surface area contributed by atoms with Gasteiger partial charge in [0.2, 0.25) is 0 Å². The average Bonchev–Trinajstić information content (AvgIpc) is 3.36. The van der Waals surface area contributed by atoms with Crippen molar-refractivity contribution >= 4 is 16.6 Å². The standard InChI is InChI=1S/C22H21N5/c1-2-5-17(6-3-1)21-18(13-25-26-21)15-27-11-8-16(9-12-27)20-14-24-22-19(20)7-4-10-23-22/h1-8,10,13-14H,9,11-12,15H2,(H,23,24)(H,25,26). The Bertz CT molecular complexity index is 1090. The number of nitrogens with one attached hydrogen (secondary N) is 2. The van der Waals surface area contributed by atoms with Gasteiger partial charge in [-0.1, -0.05) is 36.4 Å². The molecule has 1 aliphatic rings. The molecule has 5 rings (SSSR count). The maximum absolute atomic E-state index is 4.40. The summed E-state index contributed by atoms with van der Waals surface area (Å²) < 4.78 is 0. The molecule has 134 valence electrons. The van der Waals surface area contributed by atoms with Crippen molar-refractivity contribution in [2.75, 3.05) is 13.1 Å². The van der Waals surface area contributed by atoms with Gasteiger partial charge in [0.1, 0.15) is 5.65 Å². The molecule has 0 aliphatic carbocycles. The van der Waals surface area contributed by atoms with E-state index in [0.717, 1.165) is 37.4 Å². The van der Waals surface area contributed by atoms with Gasteiger partial charge in [0.15, 0.2) is 0 Å². The zero-order valence-corrected chi connectivity index (χ0v) is 15.0. The first-order valence-electron chi connectivity index (χ1n) is 9.30. The molecule has 1 aromatic carbocycles. The van der Waals surface area contributed by atoms with Crippen LogP contribution < -0.4 is 0 Å². The zero-order chi connectivity index (χ0) is 18.1. The SMILES string of the molecule is C1=C(c2c[nH]c3ncccc23)CCN(Cc2cn[nH]c2-c2ccccc2)C1. The van der Waals surface area contributed by atoms with E-state index in [9.17, 15) is 0 Å². The minimum atomic E-state index is 0.903. The minimum Gasteiger partial charge on any atom is -0.346 e. The van der Waals surface area contributed by atoms with E-state index in [1.165, 1.54) is 27.6 Å². The van der Waals surface area contributed by atoms with Crippen LogP contribution in [0.5, 0.6) is 0 Å². The van der Waals surface area contributed by atoms with Crippen LogP contribution in [0.15, 0.2) is 67.1 Å². The normalized spacial score (nSPS) is 15.2. The third-order valence-corrected chi connectivity index (χ3v) is 5.26. The summed E-state index contributed by atoms with van der Waals surface area (Å²) >= 11 is 0. The van der Waals surface area contributed by atoms with Gasteiger partial charge in [-0.3, -0.25) is 10.00 Å². The molecule has 3 aromatic heterocycles. The highest BCUT2D eigenvalue weighted by Crippen LogP contribution is 2.29. The molecule has 1 aliphatic heterocycles. The molecule has 4 aromatic rings. The molecular weight excluding hydrogens is 334 g/mol. The third-order valence-electron chi connectivity index (χ3n) is 5.26. The summed E-state index contributed by atoms with van der Waals surface area (Å²) in [5.74, 6) is 0. The van der Waals surface area contributed by atoms with E-state index in [2.05, 4.69) is 67.7 Å². The lowest BCUT2D eigenvalue weighted by atomic mass is 9.99. The van der Waals surface area contributed by atoms with Crippen molar-refractivity contribution in [1.82, 2.24) is 25.1 Å². The van der Waals surface area contributed by atoms with E-state index in [-0.39, 0.29) is 0 Å². The van der Waals surface area contributed by atoms with E-state index < -0.39 is 0 Å². The number of pyridine rings is 1. The van der Waals surface area contributed by atoms with Gasteiger partial charge in [0.05, 0.1) is 11.9 Å². The lowest BCUT2D eigenvalue weighted by molar-refractivity contribution is 0.294. The maximum Gasteiger partial charge on any atom is 0.137 e. The highest BCUT2D eigenvalue weighted by Gasteiger charge is 2.18. The summed E-state index contributed by atoms with van der Waals surface area (Å²) in [6, 6.07) is 14.5. The van der Waals surface area contributed by atoms with Crippen LogP contribution in [0.1, 0.15) is 17.5 Å². The molecule has 0 bridgehead atoms. The van der Waals surface area contributed by atoms with Crippen molar-refractivity contribution < 1.29 is 0 Å². The number of benzene rings is 1. The molecule has 5 heteroatoms. The van der Waals surface area contributed by atoms with Crippen LogP contribution in [0.3, 0.4) is 0 Å². The highest BCUT2D eigenvalue weighted by molar-refractivity contribution is 5.90. The van der Waals surface area contributed by atoms with Gasteiger partial charge in [0, 0.05) is 48.5 Å². The van der Waals surface area contributed by atoms with Crippen molar-refractivity contribution in [3.63, 3.8) is 0 Å². The summed E-state index contributed by atoms with van der Waals surface area (Å²) in [5, 5.41) is 8.64. The Kier molecular flexibility index (Phi) is 4.07. The van der Waals surface area contributed by atoms with E-state index in [0.29, 0.717) is 0 Å². The first-order chi connectivity index (χ1) is 13.4. The Morgan fingerprint density at radius 1 is 1.07 bits per heavy atom. The summed E-state index contributed by atoms with van der Waals surface area (Å²) in [5.41, 5.74) is 7.20. The van der Waals surface area contributed by atoms with Crippen LogP contribution in [-0.2, 0) is 6.54 Å². The Morgan fingerprint density at radius 2 is 2.00 bits per heavy atom. The summed E-state index contributed by atoms with van der Waals surface area (Å²) in [4.78, 5) is 10.1. The molecule has 4 heterocycles. The van der Waals surface area contributed by atoms with Gasteiger partial charge >= 0.3 is 0 Å². The van der Waals surface area contributed by atoms with Crippen LogP contribution in [0, 0.1) is 0 Å². The van der Waals surface area contributed by atoms with Crippen LogP contribution in [0.4, 0.5) is 0 Å². The fourth-order valence-corrected chi connectivity index (χ4v) is 3.85. The van der Waals surface area contributed by atoms with Gasteiger partial charge in [-0.2, -0.15) is 5.10 Å². The predicted molar refractivity (Wildman–Crippen MR) is 108 cm³/mol. The number of hydrogen-bond acceptors (Lipinski definition) is 3. The number of aromatic amines is 2.